The van der Waals surface area contributed by atoms with Crippen molar-refractivity contribution in [3.05, 3.63) is 59.1 Å². The second-order valence-electron chi connectivity index (χ2n) is 11.3. The molecule has 51 heavy (non-hydrogen) atoms. The Bertz CT molecular complexity index is 1380. The van der Waals surface area contributed by atoms with E-state index >= 15 is 0 Å². The molecule has 0 aliphatic carbocycles. The zero-order chi connectivity index (χ0) is 37.6. The summed E-state index contributed by atoms with van der Waals surface area (Å²) in [4.78, 5) is 63.7. The zero-order valence-electron chi connectivity index (χ0n) is 29.0. The third-order valence-electron chi connectivity index (χ3n) is 7.45. The number of unbranched alkanes of at least 4 members (excludes halogenated alkanes) is 1. The second kappa shape index (κ2) is 24.2. The molecule has 1 saturated heterocycles. The summed E-state index contributed by atoms with van der Waals surface area (Å²) < 4.78 is 11.1. The molecule has 280 valence electrons. The van der Waals surface area contributed by atoms with Crippen molar-refractivity contribution >= 4 is 48.3 Å². The summed E-state index contributed by atoms with van der Waals surface area (Å²) >= 11 is 5.94. The van der Waals surface area contributed by atoms with Crippen molar-refractivity contribution in [3.63, 3.8) is 0 Å². The molecule has 1 heterocycles. The number of aliphatic hydroxyl groups is 1. The molecule has 1 fully saturated rings. The van der Waals surface area contributed by atoms with Crippen molar-refractivity contribution in [1.29, 1.82) is 0 Å². The molecule has 0 unspecified atom stereocenters. The molecule has 18 heteroatoms. The zero-order valence-corrected chi connectivity index (χ0v) is 29.8. The van der Waals surface area contributed by atoms with Crippen LogP contribution in [-0.2, 0) is 28.5 Å². The maximum absolute atomic E-state index is 12.9. The molecule has 3 atom stereocenters. The lowest BCUT2D eigenvalue weighted by Crippen LogP contribution is -2.56. The SMILES string of the molecule is CN.C[C@@H](O)[C@H](NC(=O)CNC(=O)c1ccc(-c2ccc(Cl)cc2)cc1)C(=O)NCC(=O)N[C@@H](CCCCN)C(=O)NCB1OCCNCCO1. The van der Waals surface area contributed by atoms with E-state index in [1.165, 1.54) is 14.0 Å². The van der Waals surface area contributed by atoms with Crippen LogP contribution in [-0.4, -0.2) is 119 Å². The van der Waals surface area contributed by atoms with Gasteiger partial charge in [0.25, 0.3) is 5.91 Å². The molecule has 0 aromatic heterocycles. The largest absolute Gasteiger partial charge is 0.477 e. The molecule has 2 aromatic carbocycles. The highest BCUT2D eigenvalue weighted by Crippen LogP contribution is 2.22. The summed E-state index contributed by atoms with van der Waals surface area (Å²) in [6.07, 6.45) is 0.289. The molecule has 16 nitrogen and oxygen atoms in total. The number of hydrogen-bond donors (Lipinski definition) is 9. The predicted octanol–water partition coefficient (Wildman–Crippen LogP) is -1.31. The van der Waals surface area contributed by atoms with Crippen molar-refractivity contribution in [3.8, 4) is 11.1 Å². The number of aliphatic hydroxyl groups excluding tert-OH is 1. The fourth-order valence-corrected chi connectivity index (χ4v) is 4.88. The molecular formula is C33H50BClN8O8. The third-order valence-corrected chi connectivity index (χ3v) is 7.70. The normalized spacial score (nSPS) is 14.6. The number of hydrogen-bond acceptors (Lipinski definition) is 11. The van der Waals surface area contributed by atoms with Crippen LogP contribution in [0.25, 0.3) is 11.1 Å². The number of nitrogens with two attached hydrogens (primary N) is 2. The minimum atomic E-state index is -1.42. The smallest absolute Gasteiger partial charge is 0.409 e. The van der Waals surface area contributed by atoms with E-state index < -0.39 is 67.9 Å². The Morgan fingerprint density at radius 1 is 0.843 bits per heavy atom. The molecule has 1 aliphatic heterocycles. The number of halogens is 1. The van der Waals surface area contributed by atoms with Crippen molar-refractivity contribution in [1.82, 2.24) is 31.9 Å². The van der Waals surface area contributed by atoms with E-state index in [1.807, 2.05) is 12.1 Å². The lowest BCUT2D eigenvalue weighted by atomic mass is 9.89. The molecule has 0 radical (unpaired) electrons. The fourth-order valence-electron chi connectivity index (χ4n) is 4.76. The molecule has 2 aromatic rings. The highest BCUT2D eigenvalue weighted by atomic mass is 35.5. The van der Waals surface area contributed by atoms with E-state index in [4.69, 9.17) is 26.6 Å². The summed E-state index contributed by atoms with van der Waals surface area (Å²) in [6.45, 7) is 2.88. The highest BCUT2D eigenvalue weighted by Gasteiger charge is 2.28. The maximum Gasteiger partial charge on any atom is 0.477 e. The van der Waals surface area contributed by atoms with E-state index in [-0.39, 0.29) is 6.44 Å². The molecular weight excluding hydrogens is 683 g/mol. The molecule has 5 amide bonds. The van der Waals surface area contributed by atoms with Gasteiger partial charge in [0.15, 0.2) is 0 Å². The van der Waals surface area contributed by atoms with Crippen molar-refractivity contribution in [2.45, 2.75) is 44.4 Å². The Kier molecular flexibility index (Phi) is 20.4. The first-order valence-electron chi connectivity index (χ1n) is 16.8. The molecule has 11 N–H and O–H groups in total. The van der Waals surface area contributed by atoms with Gasteiger partial charge in [-0.15, -0.1) is 0 Å². The lowest BCUT2D eigenvalue weighted by molar-refractivity contribution is -0.133. The molecule has 3 rings (SSSR count). The van der Waals surface area contributed by atoms with Gasteiger partial charge in [0.1, 0.15) is 12.1 Å². The first-order chi connectivity index (χ1) is 24.6. The minimum absolute atomic E-state index is 0.0889. The van der Waals surface area contributed by atoms with Crippen molar-refractivity contribution < 1.29 is 38.4 Å². The van der Waals surface area contributed by atoms with Crippen LogP contribution in [0.4, 0.5) is 0 Å². The summed E-state index contributed by atoms with van der Waals surface area (Å²) in [5, 5.41) is 26.5. The van der Waals surface area contributed by atoms with Gasteiger partial charge in [0, 0.05) is 36.9 Å². The van der Waals surface area contributed by atoms with Gasteiger partial charge in [-0.1, -0.05) is 35.9 Å². The van der Waals surface area contributed by atoms with Crippen LogP contribution >= 0.6 is 11.6 Å². The van der Waals surface area contributed by atoms with Crippen LogP contribution in [0.5, 0.6) is 0 Å². The van der Waals surface area contributed by atoms with Gasteiger partial charge >= 0.3 is 7.12 Å². The van der Waals surface area contributed by atoms with Gasteiger partial charge < -0.3 is 57.8 Å². The summed E-state index contributed by atoms with van der Waals surface area (Å²) in [5.41, 5.74) is 12.2. The van der Waals surface area contributed by atoms with Gasteiger partial charge in [-0.05, 0) is 75.2 Å². The Morgan fingerprint density at radius 2 is 1.41 bits per heavy atom. The standard InChI is InChI=1S/C32H45BClN7O8.CH5N/c1-21(42)29(41-28(44)19-37-30(45)24-7-5-22(6-8-24)23-9-11-25(34)12-10-23)32(47)38-18-27(43)40-26(4-2-3-13-35)31(46)39-20-33-48-16-14-36-15-17-49-33;1-2/h5-12,21,26,29,36,42H,2-4,13-20,35H2,1H3,(H,37,45)(H,38,47)(H,39,46)(H,40,43)(H,41,44);2H2,1H3/t21-,26+,29+;/m1./s1. The highest BCUT2D eigenvalue weighted by molar-refractivity contribution is 6.45. The number of rotatable bonds is 17. The van der Waals surface area contributed by atoms with Crippen molar-refractivity contribution in [2.75, 3.05) is 59.4 Å². The minimum Gasteiger partial charge on any atom is -0.409 e. The average Bonchev–Trinajstić information content (AvgIpc) is 3.12. The van der Waals surface area contributed by atoms with E-state index in [1.54, 1.807) is 36.4 Å². The Labute approximate surface area is 303 Å². The summed E-state index contributed by atoms with van der Waals surface area (Å²) in [6, 6.07) is 11.7. The predicted molar refractivity (Wildman–Crippen MR) is 194 cm³/mol. The Hall–Kier alpha value is -4.10. The Morgan fingerprint density at radius 3 is 2.00 bits per heavy atom. The number of carbonyl (C=O) groups is 5. The van der Waals surface area contributed by atoms with E-state index in [0.29, 0.717) is 62.7 Å². The quantitative estimate of drug-likeness (QED) is 0.0682. The number of nitrogens with one attached hydrogen (secondary N) is 6. The fraction of sp³-hybridized carbons (Fsp3) is 0.485. The van der Waals surface area contributed by atoms with Gasteiger partial charge in [0.2, 0.25) is 23.6 Å². The van der Waals surface area contributed by atoms with E-state index in [9.17, 15) is 29.1 Å². The van der Waals surface area contributed by atoms with E-state index in [2.05, 4.69) is 37.6 Å². The maximum atomic E-state index is 12.9. The van der Waals surface area contributed by atoms with Gasteiger partial charge in [-0.25, -0.2) is 0 Å². The number of amides is 5. The van der Waals surface area contributed by atoms with Crippen LogP contribution < -0.4 is 43.4 Å². The molecule has 0 bridgehead atoms. The average molecular weight is 733 g/mol. The molecule has 1 aliphatic rings. The van der Waals surface area contributed by atoms with Crippen molar-refractivity contribution in [2.24, 2.45) is 11.5 Å². The van der Waals surface area contributed by atoms with Crippen LogP contribution in [0.3, 0.4) is 0 Å². The van der Waals surface area contributed by atoms with Crippen LogP contribution in [0, 0.1) is 0 Å². The first-order valence-corrected chi connectivity index (χ1v) is 17.1. The second-order valence-corrected chi connectivity index (χ2v) is 11.8. The summed E-state index contributed by atoms with van der Waals surface area (Å²) in [7, 11) is 0.874. The number of carbonyl (C=O) groups excluding carboxylic acids is 5. The third kappa shape index (κ3) is 16.2. The topological polar surface area (TPSA) is 248 Å². The van der Waals surface area contributed by atoms with Gasteiger partial charge in [-0.2, -0.15) is 0 Å². The monoisotopic (exact) mass is 732 g/mol. The van der Waals surface area contributed by atoms with Crippen LogP contribution in [0.1, 0.15) is 36.5 Å². The van der Waals surface area contributed by atoms with Crippen LogP contribution in [0.2, 0.25) is 5.02 Å². The lowest BCUT2D eigenvalue weighted by Gasteiger charge is -2.23. The van der Waals surface area contributed by atoms with E-state index in [0.717, 1.165) is 11.1 Å². The van der Waals surface area contributed by atoms with Crippen LogP contribution in [0.15, 0.2) is 48.5 Å². The molecule has 0 spiro atoms. The summed E-state index contributed by atoms with van der Waals surface area (Å²) in [5.74, 6) is -3.19. The van der Waals surface area contributed by atoms with Gasteiger partial charge in [0.05, 0.1) is 25.6 Å². The Balaban J connectivity index is 0.00000442. The molecule has 0 saturated carbocycles. The first kappa shape index (κ1) is 43.1. The number of benzene rings is 2. The van der Waals surface area contributed by atoms with Gasteiger partial charge in [-0.3, -0.25) is 24.0 Å².